The first kappa shape index (κ1) is 12.4. The summed E-state index contributed by atoms with van der Waals surface area (Å²) in [5, 5.41) is 0. The normalized spacial score (nSPS) is 32.0. The molecule has 1 atom stereocenters. The van der Waals surface area contributed by atoms with E-state index >= 15 is 0 Å². The average Bonchev–Trinajstić information content (AvgIpc) is 2.30. The van der Waals surface area contributed by atoms with Crippen LogP contribution in [0.3, 0.4) is 0 Å². The van der Waals surface area contributed by atoms with Crippen LogP contribution >= 0.6 is 0 Å². The maximum Gasteiger partial charge on any atom is 0.0634 e. The summed E-state index contributed by atoms with van der Waals surface area (Å²) in [6, 6.07) is 0. The molecular weight excluding hydrogens is 210 g/mol. The van der Waals surface area contributed by atoms with E-state index < -0.39 is 0 Å². The molecule has 17 heavy (non-hydrogen) atoms. The van der Waals surface area contributed by atoms with Crippen molar-refractivity contribution in [2.24, 2.45) is 5.73 Å². The van der Waals surface area contributed by atoms with Gasteiger partial charge in [0.15, 0.2) is 0 Å². The van der Waals surface area contributed by atoms with Crippen LogP contribution in [0.25, 0.3) is 0 Å². The maximum absolute atomic E-state index is 6.01. The summed E-state index contributed by atoms with van der Waals surface area (Å²) in [7, 11) is 2.19. The van der Waals surface area contributed by atoms with Crippen LogP contribution in [0, 0.1) is 0 Å². The van der Waals surface area contributed by atoms with Gasteiger partial charge in [-0.3, -0.25) is 4.90 Å². The van der Waals surface area contributed by atoms with Gasteiger partial charge in [0, 0.05) is 38.3 Å². The SMILES string of the molecule is C/C=C/C1(N2CCN(C)CC2)C=CC=C(N)C1. The third kappa shape index (κ3) is 2.61. The molecule has 2 rings (SSSR count). The van der Waals surface area contributed by atoms with Crippen LogP contribution in [-0.4, -0.2) is 48.6 Å². The van der Waals surface area contributed by atoms with Crippen molar-refractivity contribution in [3.63, 3.8) is 0 Å². The molecule has 0 amide bonds. The summed E-state index contributed by atoms with van der Waals surface area (Å²) >= 11 is 0. The van der Waals surface area contributed by atoms with Gasteiger partial charge < -0.3 is 10.6 Å². The Balaban J connectivity index is 2.18. The van der Waals surface area contributed by atoms with E-state index in [0.717, 1.165) is 38.3 Å². The van der Waals surface area contributed by atoms with Crippen molar-refractivity contribution < 1.29 is 0 Å². The fourth-order valence-electron chi connectivity index (χ4n) is 2.73. The van der Waals surface area contributed by atoms with E-state index in [2.05, 4.69) is 48.1 Å². The minimum absolute atomic E-state index is 0.00877. The van der Waals surface area contributed by atoms with Crippen LogP contribution in [0.2, 0.25) is 0 Å². The topological polar surface area (TPSA) is 32.5 Å². The molecular formula is C14H23N3. The lowest BCUT2D eigenvalue weighted by atomic mass is 9.86. The molecule has 1 fully saturated rings. The molecule has 94 valence electrons. The van der Waals surface area contributed by atoms with Crippen LogP contribution in [-0.2, 0) is 0 Å². The largest absolute Gasteiger partial charge is 0.402 e. The molecule has 0 spiro atoms. The molecule has 1 aliphatic heterocycles. The quantitative estimate of drug-likeness (QED) is 0.731. The zero-order chi connectivity index (χ0) is 12.3. The molecule has 1 heterocycles. The third-order valence-electron chi connectivity index (χ3n) is 3.73. The van der Waals surface area contributed by atoms with Crippen LogP contribution in [0.1, 0.15) is 13.3 Å². The van der Waals surface area contributed by atoms with Crippen molar-refractivity contribution in [2.75, 3.05) is 33.2 Å². The highest BCUT2D eigenvalue weighted by Gasteiger charge is 2.34. The number of rotatable bonds is 2. The maximum atomic E-state index is 6.01. The van der Waals surface area contributed by atoms with E-state index in [9.17, 15) is 0 Å². The first-order chi connectivity index (χ1) is 8.16. The van der Waals surface area contributed by atoms with Crippen molar-refractivity contribution in [1.82, 2.24) is 9.80 Å². The molecule has 0 aromatic carbocycles. The second-order valence-corrected chi connectivity index (χ2v) is 5.06. The van der Waals surface area contributed by atoms with E-state index in [1.165, 1.54) is 0 Å². The van der Waals surface area contributed by atoms with Crippen molar-refractivity contribution in [1.29, 1.82) is 0 Å². The molecule has 3 nitrogen and oxygen atoms in total. The van der Waals surface area contributed by atoms with Crippen molar-refractivity contribution >= 4 is 0 Å². The smallest absolute Gasteiger partial charge is 0.0634 e. The second kappa shape index (κ2) is 5.07. The van der Waals surface area contributed by atoms with E-state index in [0.29, 0.717) is 0 Å². The number of hydrogen-bond acceptors (Lipinski definition) is 3. The molecule has 1 unspecified atom stereocenters. The van der Waals surface area contributed by atoms with Gasteiger partial charge in [-0.1, -0.05) is 24.3 Å². The molecule has 1 aliphatic carbocycles. The number of nitrogens with zero attached hydrogens (tertiary/aromatic N) is 2. The Bertz CT molecular complexity index is 348. The van der Waals surface area contributed by atoms with Gasteiger partial charge >= 0.3 is 0 Å². The standard InChI is InChI=1S/C14H23N3/c1-3-6-14(7-4-5-13(15)12-14)17-10-8-16(2)9-11-17/h3-7H,8-12,15H2,1-2H3/b6-3+. The zero-order valence-corrected chi connectivity index (χ0v) is 10.9. The third-order valence-corrected chi connectivity index (χ3v) is 3.73. The van der Waals surface area contributed by atoms with Crippen LogP contribution in [0.5, 0.6) is 0 Å². The Labute approximate surface area is 104 Å². The van der Waals surface area contributed by atoms with Crippen LogP contribution in [0.15, 0.2) is 36.1 Å². The van der Waals surface area contributed by atoms with Gasteiger partial charge in [0.2, 0.25) is 0 Å². The molecule has 0 aromatic heterocycles. The summed E-state index contributed by atoms with van der Waals surface area (Å²) < 4.78 is 0. The van der Waals surface area contributed by atoms with Gasteiger partial charge in [0.1, 0.15) is 0 Å². The molecule has 0 saturated carbocycles. The predicted octanol–water partition coefficient (Wildman–Crippen LogP) is 1.35. The second-order valence-electron chi connectivity index (χ2n) is 5.06. The number of nitrogens with two attached hydrogens (primary N) is 1. The molecule has 0 aromatic rings. The molecule has 1 saturated heterocycles. The highest BCUT2D eigenvalue weighted by atomic mass is 15.3. The Kier molecular flexibility index (Phi) is 3.69. The fraction of sp³-hybridized carbons (Fsp3) is 0.571. The molecule has 2 N–H and O–H groups in total. The minimum Gasteiger partial charge on any atom is -0.402 e. The van der Waals surface area contributed by atoms with E-state index in [1.807, 2.05) is 6.08 Å². The Hall–Kier alpha value is -1.06. The van der Waals surface area contributed by atoms with Crippen molar-refractivity contribution in [3.8, 4) is 0 Å². The van der Waals surface area contributed by atoms with Gasteiger partial charge in [-0.25, -0.2) is 0 Å². The van der Waals surface area contributed by atoms with E-state index in [-0.39, 0.29) is 5.54 Å². The number of piperazine rings is 1. The number of likely N-dealkylation sites (N-methyl/N-ethyl adjacent to an activating group) is 1. The summed E-state index contributed by atoms with van der Waals surface area (Å²) in [5.41, 5.74) is 7.00. The lowest BCUT2D eigenvalue weighted by Gasteiger charge is -2.45. The van der Waals surface area contributed by atoms with Crippen LogP contribution < -0.4 is 5.73 Å². The highest BCUT2D eigenvalue weighted by molar-refractivity contribution is 5.31. The zero-order valence-electron chi connectivity index (χ0n) is 10.9. The van der Waals surface area contributed by atoms with Gasteiger partial charge in [0.05, 0.1) is 5.54 Å². The molecule has 0 radical (unpaired) electrons. The monoisotopic (exact) mass is 233 g/mol. The average molecular weight is 233 g/mol. The Morgan fingerprint density at radius 3 is 2.59 bits per heavy atom. The van der Waals surface area contributed by atoms with Gasteiger partial charge in [-0.2, -0.15) is 0 Å². The first-order valence-corrected chi connectivity index (χ1v) is 6.37. The Morgan fingerprint density at radius 1 is 1.29 bits per heavy atom. The fourth-order valence-corrected chi connectivity index (χ4v) is 2.73. The van der Waals surface area contributed by atoms with Gasteiger partial charge in [-0.15, -0.1) is 0 Å². The van der Waals surface area contributed by atoms with Gasteiger partial charge in [0.25, 0.3) is 0 Å². The van der Waals surface area contributed by atoms with Gasteiger partial charge in [-0.05, 0) is 20.0 Å². The van der Waals surface area contributed by atoms with E-state index in [1.54, 1.807) is 0 Å². The van der Waals surface area contributed by atoms with Crippen molar-refractivity contribution in [3.05, 3.63) is 36.1 Å². The summed E-state index contributed by atoms with van der Waals surface area (Å²) in [6.07, 6.45) is 11.7. The molecule has 0 bridgehead atoms. The number of hydrogen-bond donors (Lipinski definition) is 1. The summed E-state index contributed by atoms with van der Waals surface area (Å²) in [4.78, 5) is 4.93. The van der Waals surface area contributed by atoms with Crippen LogP contribution in [0.4, 0.5) is 0 Å². The summed E-state index contributed by atoms with van der Waals surface area (Å²) in [6.45, 7) is 6.57. The number of allylic oxidation sites excluding steroid dienone is 3. The molecule has 3 heteroatoms. The van der Waals surface area contributed by atoms with E-state index in [4.69, 9.17) is 5.73 Å². The lowest BCUT2D eigenvalue weighted by Crippen LogP contribution is -2.55. The minimum atomic E-state index is 0.00877. The molecule has 2 aliphatic rings. The lowest BCUT2D eigenvalue weighted by molar-refractivity contribution is 0.0938. The summed E-state index contributed by atoms with van der Waals surface area (Å²) in [5.74, 6) is 0. The van der Waals surface area contributed by atoms with Crippen molar-refractivity contribution in [2.45, 2.75) is 18.9 Å². The Morgan fingerprint density at radius 2 is 2.00 bits per heavy atom. The highest BCUT2D eigenvalue weighted by Crippen LogP contribution is 2.30. The first-order valence-electron chi connectivity index (χ1n) is 6.37. The predicted molar refractivity (Wildman–Crippen MR) is 72.6 cm³/mol.